The Morgan fingerprint density at radius 1 is 1.15 bits per heavy atom. The van der Waals surface area contributed by atoms with Gasteiger partial charge in [-0.3, -0.25) is 4.90 Å². The van der Waals surface area contributed by atoms with Crippen molar-refractivity contribution in [2.24, 2.45) is 11.8 Å². The molecule has 0 aromatic carbocycles. The first kappa shape index (κ1) is 15.1. The van der Waals surface area contributed by atoms with E-state index >= 15 is 0 Å². The molecule has 0 aromatic rings. The Kier molecular flexibility index (Phi) is 4.25. The van der Waals surface area contributed by atoms with Crippen LogP contribution >= 0.6 is 0 Å². The van der Waals surface area contributed by atoms with E-state index in [4.69, 9.17) is 4.74 Å². The van der Waals surface area contributed by atoms with E-state index in [0.717, 1.165) is 12.8 Å². The molecule has 1 aliphatic heterocycles. The van der Waals surface area contributed by atoms with Crippen LogP contribution in [0, 0.1) is 11.8 Å². The lowest BCUT2D eigenvalue weighted by Gasteiger charge is -2.44. The van der Waals surface area contributed by atoms with Gasteiger partial charge in [-0.25, -0.2) is 9.59 Å². The molecule has 5 heteroatoms. The van der Waals surface area contributed by atoms with Crippen molar-refractivity contribution < 1.29 is 19.4 Å². The average molecular weight is 283 g/mol. The van der Waals surface area contributed by atoms with Crippen LogP contribution in [0.2, 0.25) is 0 Å². The van der Waals surface area contributed by atoms with E-state index in [9.17, 15) is 14.7 Å². The van der Waals surface area contributed by atoms with Crippen molar-refractivity contribution in [2.75, 3.05) is 6.54 Å². The minimum Gasteiger partial charge on any atom is -0.480 e. The number of likely N-dealkylation sites (tertiary alicyclic amines) is 1. The molecular formula is C15H25NO4. The number of amides is 1. The second kappa shape index (κ2) is 5.62. The highest BCUT2D eigenvalue weighted by Crippen LogP contribution is 2.39. The summed E-state index contributed by atoms with van der Waals surface area (Å²) >= 11 is 0. The van der Waals surface area contributed by atoms with Gasteiger partial charge in [-0.15, -0.1) is 0 Å². The van der Waals surface area contributed by atoms with E-state index < -0.39 is 23.7 Å². The molecule has 5 nitrogen and oxygen atoms in total. The third-order valence-electron chi connectivity index (χ3n) is 4.31. The smallest absolute Gasteiger partial charge is 0.411 e. The first-order valence-corrected chi connectivity index (χ1v) is 7.50. The van der Waals surface area contributed by atoms with E-state index in [-0.39, 0.29) is 0 Å². The van der Waals surface area contributed by atoms with Gasteiger partial charge in [0, 0.05) is 6.54 Å². The zero-order chi connectivity index (χ0) is 14.9. The number of carbonyl (C=O) groups excluding carboxylic acids is 1. The Balaban J connectivity index is 2.11. The first-order chi connectivity index (χ1) is 9.28. The van der Waals surface area contributed by atoms with Gasteiger partial charge in [-0.05, 0) is 45.4 Å². The summed E-state index contributed by atoms with van der Waals surface area (Å²) in [7, 11) is 0. The maximum absolute atomic E-state index is 12.2. The van der Waals surface area contributed by atoms with Gasteiger partial charge in [-0.2, -0.15) is 0 Å². The lowest BCUT2D eigenvalue weighted by molar-refractivity contribution is -0.146. The van der Waals surface area contributed by atoms with Gasteiger partial charge >= 0.3 is 12.1 Å². The van der Waals surface area contributed by atoms with Crippen molar-refractivity contribution in [3.05, 3.63) is 0 Å². The molecule has 114 valence electrons. The molecule has 0 unspecified atom stereocenters. The molecule has 1 heterocycles. The van der Waals surface area contributed by atoms with Crippen LogP contribution in [0.4, 0.5) is 4.79 Å². The second-order valence-electron chi connectivity index (χ2n) is 7.03. The van der Waals surface area contributed by atoms with Gasteiger partial charge in [0.2, 0.25) is 0 Å². The monoisotopic (exact) mass is 283 g/mol. The van der Waals surface area contributed by atoms with Crippen LogP contribution in [-0.2, 0) is 9.53 Å². The Morgan fingerprint density at radius 2 is 1.75 bits per heavy atom. The Hall–Kier alpha value is -1.26. The van der Waals surface area contributed by atoms with E-state index in [0.29, 0.717) is 24.8 Å². The van der Waals surface area contributed by atoms with Crippen molar-refractivity contribution in [3.63, 3.8) is 0 Å². The minimum atomic E-state index is -0.917. The summed E-state index contributed by atoms with van der Waals surface area (Å²) in [4.78, 5) is 25.1. The lowest BCUT2D eigenvalue weighted by Crippen LogP contribution is -2.55. The molecule has 2 rings (SSSR count). The lowest BCUT2D eigenvalue weighted by atomic mass is 9.73. The van der Waals surface area contributed by atoms with Crippen LogP contribution in [0.25, 0.3) is 0 Å². The number of carboxylic acids is 1. The molecular weight excluding hydrogens is 258 g/mol. The van der Waals surface area contributed by atoms with Gasteiger partial charge < -0.3 is 9.84 Å². The number of hydrogen-bond donors (Lipinski definition) is 1. The summed E-state index contributed by atoms with van der Waals surface area (Å²) in [5, 5.41) is 9.40. The number of carboxylic acid groups (broad SMARTS) is 1. The van der Waals surface area contributed by atoms with Crippen LogP contribution < -0.4 is 0 Å². The largest absolute Gasteiger partial charge is 0.480 e. The molecule has 1 amide bonds. The fourth-order valence-electron chi connectivity index (χ4n) is 3.39. The number of nitrogens with zero attached hydrogens (tertiary/aromatic N) is 1. The zero-order valence-electron chi connectivity index (χ0n) is 12.6. The highest BCUT2D eigenvalue weighted by molar-refractivity contribution is 5.80. The van der Waals surface area contributed by atoms with Crippen molar-refractivity contribution >= 4 is 12.1 Å². The maximum Gasteiger partial charge on any atom is 0.411 e. The van der Waals surface area contributed by atoms with Crippen LogP contribution in [0.15, 0.2) is 0 Å². The summed E-state index contributed by atoms with van der Waals surface area (Å²) in [6.45, 7) is 5.92. The number of hydrogen-bond acceptors (Lipinski definition) is 3. The molecule has 3 atom stereocenters. The van der Waals surface area contributed by atoms with Crippen LogP contribution in [-0.4, -0.2) is 40.3 Å². The summed E-state index contributed by atoms with van der Waals surface area (Å²) < 4.78 is 5.36. The molecule has 1 saturated carbocycles. The molecule has 1 saturated heterocycles. The maximum atomic E-state index is 12.2. The minimum absolute atomic E-state index is 0.437. The van der Waals surface area contributed by atoms with E-state index in [1.54, 1.807) is 20.8 Å². The molecule has 2 fully saturated rings. The molecule has 0 aromatic heterocycles. The van der Waals surface area contributed by atoms with Crippen molar-refractivity contribution in [1.82, 2.24) is 4.90 Å². The van der Waals surface area contributed by atoms with E-state index in [1.807, 2.05) is 0 Å². The molecule has 0 spiro atoms. The predicted molar refractivity (Wildman–Crippen MR) is 74.4 cm³/mol. The molecule has 2 aliphatic rings. The topological polar surface area (TPSA) is 66.8 Å². The average Bonchev–Trinajstić information content (AvgIpc) is 2.35. The van der Waals surface area contributed by atoms with Gasteiger partial charge in [0.1, 0.15) is 11.6 Å². The number of aliphatic carboxylic acids is 1. The third kappa shape index (κ3) is 3.44. The highest BCUT2D eigenvalue weighted by atomic mass is 16.6. The first-order valence-electron chi connectivity index (χ1n) is 7.50. The van der Waals surface area contributed by atoms with Gasteiger partial charge in [0.25, 0.3) is 0 Å². The fourth-order valence-corrected chi connectivity index (χ4v) is 3.39. The van der Waals surface area contributed by atoms with Crippen molar-refractivity contribution in [2.45, 2.75) is 64.5 Å². The summed E-state index contributed by atoms with van der Waals surface area (Å²) in [6.07, 6.45) is 4.63. The predicted octanol–water partition coefficient (Wildman–Crippen LogP) is 2.89. The number of rotatable bonds is 1. The molecule has 1 N–H and O–H groups in total. The second-order valence-corrected chi connectivity index (χ2v) is 7.03. The number of carbonyl (C=O) groups is 2. The Bertz CT molecular complexity index is 388. The molecule has 20 heavy (non-hydrogen) atoms. The molecule has 1 aliphatic carbocycles. The number of piperidine rings is 1. The number of fused-ring (bicyclic) bond motifs is 1. The van der Waals surface area contributed by atoms with Crippen LogP contribution in [0.3, 0.4) is 0 Å². The van der Waals surface area contributed by atoms with Crippen LogP contribution in [0.5, 0.6) is 0 Å². The van der Waals surface area contributed by atoms with Crippen molar-refractivity contribution in [3.8, 4) is 0 Å². The third-order valence-corrected chi connectivity index (χ3v) is 4.31. The zero-order valence-corrected chi connectivity index (χ0v) is 12.6. The van der Waals surface area contributed by atoms with Crippen molar-refractivity contribution in [1.29, 1.82) is 0 Å². The Morgan fingerprint density at radius 3 is 2.30 bits per heavy atom. The standard InChI is InChI=1S/C15H25NO4/c1-15(2,3)20-14(19)16-9-11-7-5-4-6-10(11)8-12(16)13(17)18/h10-12H,4-9H2,1-3H3,(H,17,18)/t10-,11-,12+/m1/s1. The summed E-state index contributed by atoms with van der Waals surface area (Å²) in [5.74, 6) is -0.0321. The normalized spacial score (nSPS) is 30.6. The Labute approximate surface area is 120 Å². The quantitative estimate of drug-likeness (QED) is 0.803. The molecule has 0 radical (unpaired) electrons. The highest BCUT2D eigenvalue weighted by Gasteiger charge is 2.43. The van der Waals surface area contributed by atoms with Crippen LogP contribution in [0.1, 0.15) is 52.9 Å². The number of ether oxygens (including phenoxy) is 1. The fraction of sp³-hybridized carbons (Fsp3) is 0.867. The van der Waals surface area contributed by atoms with Gasteiger partial charge in [0.15, 0.2) is 0 Å². The molecule has 0 bridgehead atoms. The summed E-state index contributed by atoms with van der Waals surface area (Å²) in [6, 6.07) is -0.732. The summed E-state index contributed by atoms with van der Waals surface area (Å²) in [5.41, 5.74) is -0.594. The SMILES string of the molecule is CC(C)(C)OC(=O)N1C[C@H]2CCCC[C@@H]2C[C@H]1C(=O)O. The van der Waals surface area contributed by atoms with Gasteiger partial charge in [0.05, 0.1) is 0 Å². The van der Waals surface area contributed by atoms with E-state index in [2.05, 4.69) is 0 Å². The van der Waals surface area contributed by atoms with Gasteiger partial charge in [-0.1, -0.05) is 19.3 Å². The van der Waals surface area contributed by atoms with E-state index in [1.165, 1.54) is 17.7 Å².